The van der Waals surface area contributed by atoms with E-state index < -0.39 is 5.82 Å². The molecule has 0 aliphatic heterocycles. The van der Waals surface area contributed by atoms with Gasteiger partial charge in [-0.3, -0.25) is 4.79 Å². The molecule has 1 aliphatic carbocycles. The standard InChI is InChI=1S/C13H17FN2O2/c14-9-5-6-11(15)12(7-9)16-13(17)8-18-10-3-1-2-4-10/h5-7,10H,1-4,8,15H2,(H,16,17). The molecule has 1 aromatic carbocycles. The monoisotopic (exact) mass is 252 g/mol. The van der Waals surface area contributed by atoms with Gasteiger partial charge in [-0.2, -0.15) is 0 Å². The number of carbonyl (C=O) groups excluding carboxylic acids is 1. The smallest absolute Gasteiger partial charge is 0.250 e. The van der Waals surface area contributed by atoms with Crippen LogP contribution in [0.3, 0.4) is 0 Å². The number of carbonyl (C=O) groups is 1. The van der Waals surface area contributed by atoms with Gasteiger partial charge in [0, 0.05) is 0 Å². The van der Waals surface area contributed by atoms with Gasteiger partial charge in [-0.1, -0.05) is 12.8 Å². The zero-order valence-corrected chi connectivity index (χ0v) is 10.1. The highest BCUT2D eigenvalue weighted by Crippen LogP contribution is 2.21. The minimum atomic E-state index is -0.434. The van der Waals surface area contributed by atoms with Gasteiger partial charge in [-0.25, -0.2) is 4.39 Å². The summed E-state index contributed by atoms with van der Waals surface area (Å²) in [5.74, 6) is -0.740. The van der Waals surface area contributed by atoms with Crippen LogP contribution in [0.15, 0.2) is 18.2 Å². The lowest BCUT2D eigenvalue weighted by Gasteiger charge is -2.12. The number of nitrogens with two attached hydrogens (primary N) is 1. The molecule has 3 N–H and O–H groups in total. The summed E-state index contributed by atoms with van der Waals surface area (Å²) < 4.78 is 18.5. The Balaban J connectivity index is 1.84. The predicted molar refractivity (Wildman–Crippen MR) is 67.7 cm³/mol. The van der Waals surface area contributed by atoms with Crippen LogP contribution in [0.1, 0.15) is 25.7 Å². The van der Waals surface area contributed by atoms with E-state index in [4.69, 9.17) is 10.5 Å². The average molecular weight is 252 g/mol. The Morgan fingerprint density at radius 3 is 2.89 bits per heavy atom. The number of nitrogens with one attached hydrogen (secondary N) is 1. The second-order valence-corrected chi connectivity index (χ2v) is 4.50. The second kappa shape index (κ2) is 5.82. The van der Waals surface area contributed by atoms with E-state index in [-0.39, 0.29) is 24.3 Å². The highest BCUT2D eigenvalue weighted by atomic mass is 19.1. The molecule has 0 aromatic heterocycles. The molecule has 0 saturated heterocycles. The molecule has 0 heterocycles. The molecule has 98 valence electrons. The Hall–Kier alpha value is -1.62. The van der Waals surface area contributed by atoms with E-state index in [1.54, 1.807) is 0 Å². The van der Waals surface area contributed by atoms with Crippen LogP contribution in [0, 0.1) is 5.82 Å². The first-order valence-corrected chi connectivity index (χ1v) is 6.11. The molecule has 0 spiro atoms. The van der Waals surface area contributed by atoms with Crippen molar-refractivity contribution in [1.29, 1.82) is 0 Å². The first kappa shape index (κ1) is 12.8. The van der Waals surface area contributed by atoms with Crippen molar-refractivity contribution in [3.8, 4) is 0 Å². The number of anilines is 2. The molecule has 0 atom stereocenters. The molecule has 5 heteroatoms. The van der Waals surface area contributed by atoms with Crippen molar-refractivity contribution < 1.29 is 13.9 Å². The Kier molecular flexibility index (Phi) is 4.15. The van der Waals surface area contributed by atoms with Gasteiger partial charge < -0.3 is 15.8 Å². The van der Waals surface area contributed by atoms with Crippen LogP contribution in [0.2, 0.25) is 0 Å². The molecule has 1 fully saturated rings. The van der Waals surface area contributed by atoms with Crippen LogP contribution >= 0.6 is 0 Å². The van der Waals surface area contributed by atoms with E-state index in [9.17, 15) is 9.18 Å². The average Bonchev–Trinajstić information content (AvgIpc) is 2.84. The Morgan fingerprint density at radius 2 is 2.17 bits per heavy atom. The quantitative estimate of drug-likeness (QED) is 0.808. The summed E-state index contributed by atoms with van der Waals surface area (Å²) in [6.45, 7) is -0.0133. The van der Waals surface area contributed by atoms with Gasteiger partial charge in [0.1, 0.15) is 12.4 Å². The van der Waals surface area contributed by atoms with Gasteiger partial charge in [0.25, 0.3) is 0 Å². The molecule has 18 heavy (non-hydrogen) atoms. The Morgan fingerprint density at radius 1 is 1.44 bits per heavy atom. The number of amides is 1. The van der Waals surface area contributed by atoms with Crippen LogP contribution in [0.5, 0.6) is 0 Å². The fourth-order valence-electron chi connectivity index (χ4n) is 2.07. The molecular formula is C13H17FN2O2. The highest BCUT2D eigenvalue weighted by molar-refractivity contribution is 5.94. The minimum Gasteiger partial charge on any atom is -0.397 e. The number of hydrogen-bond donors (Lipinski definition) is 2. The number of benzene rings is 1. The van der Waals surface area contributed by atoms with Crippen LogP contribution in [-0.4, -0.2) is 18.6 Å². The van der Waals surface area contributed by atoms with Crippen LogP contribution in [0.4, 0.5) is 15.8 Å². The van der Waals surface area contributed by atoms with Gasteiger partial charge in [0.15, 0.2) is 0 Å². The van der Waals surface area contributed by atoms with E-state index in [1.165, 1.54) is 18.2 Å². The summed E-state index contributed by atoms with van der Waals surface area (Å²) in [4.78, 5) is 11.6. The molecule has 0 bridgehead atoms. The summed E-state index contributed by atoms with van der Waals surface area (Å²) in [6, 6.07) is 3.87. The molecular weight excluding hydrogens is 235 g/mol. The maximum atomic E-state index is 13.0. The number of halogens is 1. The van der Waals surface area contributed by atoms with Crippen LogP contribution < -0.4 is 11.1 Å². The van der Waals surface area contributed by atoms with Gasteiger partial charge >= 0.3 is 0 Å². The lowest BCUT2D eigenvalue weighted by Crippen LogP contribution is -2.22. The summed E-state index contributed by atoms with van der Waals surface area (Å²) in [5, 5.41) is 2.55. The summed E-state index contributed by atoms with van der Waals surface area (Å²) in [5.41, 5.74) is 6.26. The fourth-order valence-corrected chi connectivity index (χ4v) is 2.07. The van der Waals surface area contributed by atoms with Crippen molar-refractivity contribution >= 4 is 17.3 Å². The van der Waals surface area contributed by atoms with Gasteiger partial charge in [0.2, 0.25) is 5.91 Å². The van der Waals surface area contributed by atoms with Crippen molar-refractivity contribution in [2.24, 2.45) is 0 Å². The van der Waals surface area contributed by atoms with E-state index in [0.29, 0.717) is 5.69 Å². The highest BCUT2D eigenvalue weighted by Gasteiger charge is 2.16. The largest absolute Gasteiger partial charge is 0.397 e. The first-order valence-electron chi connectivity index (χ1n) is 6.11. The van der Waals surface area contributed by atoms with Crippen molar-refractivity contribution in [2.45, 2.75) is 31.8 Å². The van der Waals surface area contributed by atoms with Gasteiger partial charge in [-0.05, 0) is 31.0 Å². The molecule has 1 saturated carbocycles. The van der Waals surface area contributed by atoms with E-state index in [1.807, 2.05) is 0 Å². The molecule has 4 nitrogen and oxygen atoms in total. The van der Waals surface area contributed by atoms with E-state index in [0.717, 1.165) is 25.7 Å². The molecule has 0 radical (unpaired) electrons. The number of ether oxygens (including phenoxy) is 1. The molecule has 0 unspecified atom stereocenters. The Labute approximate surface area is 105 Å². The second-order valence-electron chi connectivity index (χ2n) is 4.50. The van der Waals surface area contributed by atoms with Crippen LogP contribution in [-0.2, 0) is 9.53 Å². The Bertz CT molecular complexity index is 431. The SMILES string of the molecule is Nc1ccc(F)cc1NC(=O)COC1CCCC1. The number of hydrogen-bond acceptors (Lipinski definition) is 3. The molecule has 1 amide bonds. The molecule has 2 rings (SSSR count). The lowest BCUT2D eigenvalue weighted by molar-refractivity contribution is -0.122. The predicted octanol–water partition coefficient (Wildman–Crippen LogP) is 2.31. The summed E-state index contributed by atoms with van der Waals surface area (Å²) >= 11 is 0. The van der Waals surface area contributed by atoms with Gasteiger partial charge in [-0.15, -0.1) is 0 Å². The van der Waals surface area contributed by atoms with Crippen molar-refractivity contribution in [1.82, 2.24) is 0 Å². The minimum absolute atomic E-state index is 0.0133. The maximum Gasteiger partial charge on any atom is 0.250 e. The summed E-state index contributed by atoms with van der Waals surface area (Å²) in [7, 11) is 0. The lowest BCUT2D eigenvalue weighted by atomic mass is 10.2. The fraction of sp³-hybridized carbons (Fsp3) is 0.462. The third-order valence-electron chi connectivity index (χ3n) is 3.04. The molecule has 1 aliphatic rings. The third-order valence-corrected chi connectivity index (χ3v) is 3.04. The van der Waals surface area contributed by atoms with Crippen LogP contribution in [0.25, 0.3) is 0 Å². The zero-order valence-electron chi connectivity index (χ0n) is 10.1. The van der Waals surface area contributed by atoms with Crippen molar-refractivity contribution in [2.75, 3.05) is 17.7 Å². The topological polar surface area (TPSA) is 64.3 Å². The van der Waals surface area contributed by atoms with Gasteiger partial charge in [0.05, 0.1) is 17.5 Å². The van der Waals surface area contributed by atoms with E-state index >= 15 is 0 Å². The normalized spacial score (nSPS) is 15.8. The number of rotatable bonds is 4. The first-order chi connectivity index (χ1) is 8.65. The van der Waals surface area contributed by atoms with E-state index in [2.05, 4.69) is 5.32 Å². The zero-order chi connectivity index (χ0) is 13.0. The summed E-state index contributed by atoms with van der Waals surface area (Å²) in [6.07, 6.45) is 4.51. The maximum absolute atomic E-state index is 13.0. The third kappa shape index (κ3) is 3.43. The molecule has 1 aromatic rings. The van der Waals surface area contributed by atoms with Crippen molar-refractivity contribution in [3.05, 3.63) is 24.0 Å². The van der Waals surface area contributed by atoms with Crippen molar-refractivity contribution in [3.63, 3.8) is 0 Å². The number of nitrogen functional groups attached to an aromatic ring is 1.